The van der Waals surface area contributed by atoms with Crippen LogP contribution in [0.4, 0.5) is 11.6 Å². The van der Waals surface area contributed by atoms with Gasteiger partial charge in [-0.1, -0.05) is 19.9 Å². The number of allylic oxidation sites excluding steroid dienone is 2. The number of likely N-dealkylation sites (tertiary alicyclic amines) is 1. The van der Waals surface area contributed by atoms with Crippen molar-refractivity contribution in [3.05, 3.63) is 54.1 Å². The summed E-state index contributed by atoms with van der Waals surface area (Å²) in [6.07, 6.45) is 8.99. The van der Waals surface area contributed by atoms with Gasteiger partial charge in [0.05, 0.1) is 11.4 Å². The Morgan fingerprint density at radius 3 is 2.63 bits per heavy atom. The lowest BCUT2D eigenvalue weighted by Gasteiger charge is -2.41. The zero-order valence-corrected chi connectivity index (χ0v) is 21.4. The van der Waals surface area contributed by atoms with Crippen LogP contribution in [-0.2, 0) is 4.79 Å². The molecule has 0 unspecified atom stereocenters. The number of rotatable bonds is 5. The summed E-state index contributed by atoms with van der Waals surface area (Å²) in [5.74, 6) is 2.88. The van der Waals surface area contributed by atoms with Gasteiger partial charge in [-0.2, -0.15) is 0 Å². The highest BCUT2D eigenvalue weighted by atomic mass is 16.2. The van der Waals surface area contributed by atoms with Crippen LogP contribution in [0.5, 0.6) is 0 Å². The Balaban J connectivity index is 0.000000287. The first-order valence-corrected chi connectivity index (χ1v) is 11.8. The Kier molecular flexibility index (Phi) is 8.52. The summed E-state index contributed by atoms with van der Waals surface area (Å²) in [7, 11) is 1.73. The fourth-order valence-electron chi connectivity index (χ4n) is 3.77. The molecule has 1 amide bonds. The summed E-state index contributed by atoms with van der Waals surface area (Å²) in [5.41, 5.74) is 9.89. The molecule has 0 aromatic carbocycles. The van der Waals surface area contributed by atoms with Crippen LogP contribution in [0.2, 0.25) is 0 Å². The second-order valence-corrected chi connectivity index (χ2v) is 9.06. The van der Waals surface area contributed by atoms with Gasteiger partial charge < -0.3 is 16.0 Å². The topological polar surface area (TPSA) is 109 Å². The van der Waals surface area contributed by atoms with Gasteiger partial charge in [0, 0.05) is 62.8 Å². The molecule has 0 aliphatic carbocycles. The van der Waals surface area contributed by atoms with Crippen LogP contribution in [0, 0.1) is 18.8 Å². The molecule has 0 atom stereocenters. The molecule has 8 heteroatoms. The number of aryl methyl sites for hydroxylation is 1. The third-order valence-electron chi connectivity index (χ3n) is 6.21. The molecule has 0 saturated carbocycles. The maximum absolute atomic E-state index is 10.7. The molecule has 0 radical (unpaired) electrons. The number of nitrogen functional groups attached to an aromatic ring is 1. The SMILES string of the molecule is C/C=C(\C=NC)Nc1cc2cc(-c3cnccc3C)nc(N)c2cn1.CC(=O)N1CC(C(C)C)C1. The van der Waals surface area contributed by atoms with Gasteiger partial charge in [-0.15, -0.1) is 0 Å². The van der Waals surface area contributed by atoms with Crippen LogP contribution in [0.25, 0.3) is 22.0 Å². The molecule has 0 bridgehead atoms. The molecule has 1 aliphatic rings. The zero-order chi connectivity index (χ0) is 25.5. The van der Waals surface area contributed by atoms with Crippen molar-refractivity contribution >= 4 is 34.5 Å². The molecule has 4 heterocycles. The largest absolute Gasteiger partial charge is 0.383 e. The van der Waals surface area contributed by atoms with Crippen molar-refractivity contribution in [3.63, 3.8) is 0 Å². The van der Waals surface area contributed by atoms with Gasteiger partial charge in [-0.05, 0) is 54.8 Å². The fourth-order valence-corrected chi connectivity index (χ4v) is 3.77. The van der Waals surface area contributed by atoms with E-state index in [2.05, 4.69) is 39.1 Å². The van der Waals surface area contributed by atoms with E-state index < -0.39 is 0 Å². The summed E-state index contributed by atoms with van der Waals surface area (Å²) in [6.45, 7) is 12.0. The quantitative estimate of drug-likeness (QED) is 0.519. The molecule has 1 fully saturated rings. The standard InChI is InChI=1S/C19H20N6.C8H15NO/c1-4-14(9-21-3)24-18-8-13-7-17(15-10-22-6-5-12(15)2)25-19(20)16(13)11-23-18;1-6(2)8-4-9(5-8)7(3)10/h4-11H,1-3H3,(H2,20,25)(H,23,24);6,8H,4-5H2,1-3H3/b14-4+,21-9?;. The lowest BCUT2D eigenvalue weighted by Crippen LogP contribution is -2.50. The number of nitrogens with zero attached hydrogens (tertiary/aromatic N) is 5. The van der Waals surface area contributed by atoms with Crippen LogP contribution in [-0.4, -0.2) is 52.1 Å². The maximum atomic E-state index is 10.7. The molecule has 1 saturated heterocycles. The van der Waals surface area contributed by atoms with Crippen LogP contribution in [0.15, 0.2) is 53.6 Å². The van der Waals surface area contributed by atoms with Crippen LogP contribution < -0.4 is 11.1 Å². The van der Waals surface area contributed by atoms with E-state index in [0.29, 0.717) is 5.82 Å². The molecule has 8 nitrogen and oxygen atoms in total. The average Bonchev–Trinajstić information content (AvgIpc) is 2.77. The molecule has 184 valence electrons. The van der Waals surface area contributed by atoms with Crippen LogP contribution in [0.3, 0.4) is 0 Å². The van der Waals surface area contributed by atoms with E-state index in [1.807, 2.05) is 43.0 Å². The smallest absolute Gasteiger partial charge is 0.219 e. The third kappa shape index (κ3) is 6.41. The first kappa shape index (κ1) is 25.8. The minimum atomic E-state index is 0.219. The fraction of sp³-hybridized carbons (Fsp3) is 0.370. The van der Waals surface area contributed by atoms with Crippen molar-refractivity contribution in [1.82, 2.24) is 19.9 Å². The monoisotopic (exact) mass is 473 g/mol. The predicted octanol–water partition coefficient (Wildman–Crippen LogP) is 4.72. The molecular weight excluding hydrogens is 438 g/mol. The van der Waals surface area contributed by atoms with Gasteiger partial charge in [0.15, 0.2) is 0 Å². The van der Waals surface area contributed by atoms with E-state index in [-0.39, 0.29) is 5.91 Å². The number of carbonyl (C=O) groups is 1. The van der Waals surface area contributed by atoms with Gasteiger partial charge in [0.25, 0.3) is 0 Å². The molecule has 1 aliphatic heterocycles. The summed E-state index contributed by atoms with van der Waals surface area (Å²) in [5, 5.41) is 5.03. The number of hydrogen-bond acceptors (Lipinski definition) is 7. The van der Waals surface area contributed by atoms with Crippen LogP contribution in [0.1, 0.15) is 33.3 Å². The summed E-state index contributed by atoms with van der Waals surface area (Å²) in [4.78, 5) is 29.8. The summed E-state index contributed by atoms with van der Waals surface area (Å²) < 4.78 is 0. The molecule has 3 N–H and O–H groups in total. The second-order valence-electron chi connectivity index (χ2n) is 9.06. The molecule has 0 spiro atoms. The number of fused-ring (bicyclic) bond motifs is 1. The summed E-state index contributed by atoms with van der Waals surface area (Å²) >= 11 is 0. The predicted molar refractivity (Wildman–Crippen MR) is 144 cm³/mol. The van der Waals surface area contributed by atoms with Crippen molar-refractivity contribution in [2.24, 2.45) is 16.8 Å². The number of nitrogens with two attached hydrogens (primary N) is 1. The molecule has 4 rings (SSSR count). The Hall–Kier alpha value is -3.81. The highest BCUT2D eigenvalue weighted by Gasteiger charge is 2.30. The second kappa shape index (κ2) is 11.6. The first-order valence-electron chi connectivity index (χ1n) is 11.8. The highest BCUT2D eigenvalue weighted by Crippen LogP contribution is 2.28. The lowest BCUT2D eigenvalue weighted by molar-refractivity contribution is -0.136. The van der Waals surface area contributed by atoms with E-state index in [0.717, 1.165) is 64.0 Å². The zero-order valence-electron chi connectivity index (χ0n) is 21.4. The van der Waals surface area contributed by atoms with Crippen molar-refractivity contribution in [2.45, 2.75) is 34.6 Å². The highest BCUT2D eigenvalue weighted by molar-refractivity contribution is 5.95. The number of carbonyl (C=O) groups excluding carboxylic acids is 1. The first-order chi connectivity index (χ1) is 16.7. The minimum absolute atomic E-state index is 0.219. The number of pyridine rings is 3. The number of anilines is 2. The van der Waals surface area contributed by atoms with Gasteiger partial charge in [-0.3, -0.25) is 14.8 Å². The number of hydrogen-bond donors (Lipinski definition) is 2. The Morgan fingerprint density at radius 2 is 2.03 bits per heavy atom. The van der Waals surface area contributed by atoms with Crippen molar-refractivity contribution in [2.75, 3.05) is 31.2 Å². The molecule has 3 aromatic rings. The van der Waals surface area contributed by atoms with E-state index in [4.69, 9.17) is 5.73 Å². The van der Waals surface area contributed by atoms with Crippen LogP contribution >= 0.6 is 0 Å². The molecule has 35 heavy (non-hydrogen) atoms. The number of aromatic nitrogens is 3. The maximum Gasteiger partial charge on any atom is 0.219 e. The van der Waals surface area contributed by atoms with E-state index in [9.17, 15) is 4.79 Å². The minimum Gasteiger partial charge on any atom is -0.383 e. The normalized spacial score (nSPS) is 14.1. The number of amides is 1. The van der Waals surface area contributed by atoms with Gasteiger partial charge in [0.2, 0.25) is 5.91 Å². The van der Waals surface area contributed by atoms with Gasteiger partial charge >= 0.3 is 0 Å². The van der Waals surface area contributed by atoms with Gasteiger partial charge in [0.1, 0.15) is 11.6 Å². The summed E-state index contributed by atoms with van der Waals surface area (Å²) in [6, 6.07) is 5.92. The van der Waals surface area contributed by atoms with Crippen molar-refractivity contribution in [1.29, 1.82) is 0 Å². The lowest BCUT2D eigenvalue weighted by atomic mass is 9.88. The number of nitrogens with one attached hydrogen (secondary N) is 1. The molecule has 3 aromatic heterocycles. The van der Waals surface area contributed by atoms with Crippen molar-refractivity contribution in [3.8, 4) is 11.3 Å². The third-order valence-corrected chi connectivity index (χ3v) is 6.21. The van der Waals surface area contributed by atoms with E-state index in [1.165, 1.54) is 0 Å². The molecular formula is C27H35N7O. The van der Waals surface area contributed by atoms with Gasteiger partial charge in [-0.25, -0.2) is 9.97 Å². The van der Waals surface area contributed by atoms with Crippen molar-refractivity contribution < 1.29 is 4.79 Å². The Labute approximate surface area is 207 Å². The average molecular weight is 474 g/mol. The number of aliphatic imine (C=N–C) groups is 1. The Morgan fingerprint density at radius 1 is 1.29 bits per heavy atom. The Bertz CT molecular complexity index is 1240. The van der Waals surface area contributed by atoms with E-state index in [1.54, 1.807) is 38.8 Å². The van der Waals surface area contributed by atoms with E-state index >= 15 is 0 Å².